The van der Waals surface area contributed by atoms with Crippen LogP contribution < -0.4 is 27.4 Å². The van der Waals surface area contributed by atoms with Crippen molar-refractivity contribution in [3.8, 4) is 68.3 Å². The van der Waals surface area contributed by atoms with Crippen molar-refractivity contribution in [2.75, 3.05) is 0 Å². The molecule has 103 heavy (non-hydrogen) atoms. The summed E-state index contributed by atoms with van der Waals surface area (Å²) in [6, 6.07) is 29.7. The Hall–Kier alpha value is -12.6. The van der Waals surface area contributed by atoms with E-state index in [4.69, 9.17) is 0 Å². The number of aromatic nitrogens is 24. The fraction of sp³-hybridized carbons (Fsp3) is 0.241. The van der Waals surface area contributed by atoms with Gasteiger partial charge in [-0.2, -0.15) is 27.4 Å². The summed E-state index contributed by atoms with van der Waals surface area (Å²) in [4.78, 5) is 26.0. The van der Waals surface area contributed by atoms with Gasteiger partial charge in [0.15, 0.2) is 36.7 Å². The van der Waals surface area contributed by atoms with Crippen molar-refractivity contribution >= 4 is 34.7 Å². The van der Waals surface area contributed by atoms with E-state index >= 15 is 0 Å². The molecule has 24 nitrogen and oxygen atoms in total. The molecule has 0 bridgehead atoms. The third-order valence-electron chi connectivity index (χ3n) is 19.3. The van der Waals surface area contributed by atoms with Crippen molar-refractivity contribution in [1.29, 1.82) is 0 Å². The second-order valence-electron chi connectivity index (χ2n) is 26.7. The zero-order valence-corrected chi connectivity index (χ0v) is 62.2. The molecular formula is C79H92N24+6. The average molecular weight is 1380 g/mol. The molecule has 18 aromatic heterocycles. The van der Waals surface area contributed by atoms with Gasteiger partial charge in [0.25, 0.3) is 0 Å². The van der Waals surface area contributed by atoms with E-state index in [0.717, 1.165) is 46.1 Å². The van der Waals surface area contributed by atoms with Crippen LogP contribution in [0.1, 0.15) is 47.7 Å². The predicted molar refractivity (Wildman–Crippen MR) is 398 cm³/mol. The van der Waals surface area contributed by atoms with E-state index < -0.39 is 0 Å². The molecule has 0 aliphatic heterocycles. The van der Waals surface area contributed by atoms with Gasteiger partial charge < -0.3 is 27.4 Å². The van der Waals surface area contributed by atoms with Gasteiger partial charge in [0.05, 0.1) is 0 Å². The first-order chi connectivity index (χ1) is 49.5. The van der Waals surface area contributed by atoms with Gasteiger partial charge in [-0.25, -0.2) is 29.9 Å². The van der Waals surface area contributed by atoms with Gasteiger partial charge in [0.1, 0.15) is 76.4 Å². The number of hydrogen-bond donors (Lipinski definition) is 0. The van der Waals surface area contributed by atoms with E-state index in [9.17, 15) is 0 Å². The highest BCUT2D eigenvalue weighted by Gasteiger charge is 2.24. The minimum Gasteiger partial charge on any atom is -0.308 e. The molecule has 0 aliphatic rings. The van der Waals surface area contributed by atoms with E-state index in [1.807, 2.05) is 157 Å². The van der Waals surface area contributed by atoms with Crippen LogP contribution in [-0.2, 0) is 84.6 Å². The molecule has 18 rings (SSSR count). The fourth-order valence-corrected chi connectivity index (χ4v) is 13.4. The molecule has 18 aromatic rings. The van der Waals surface area contributed by atoms with Crippen molar-refractivity contribution < 1.29 is 27.4 Å². The van der Waals surface area contributed by atoms with Gasteiger partial charge in [-0.3, -0.25) is 26.4 Å². The summed E-state index contributed by atoms with van der Waals surface area (Å²) in [6.45, 7) is 12.9. The summed E-state index contributed by atoms with van der Waals surface area (Å²) in [5.74, 6) is 6.29. The normalized spacial score (nSPS) is 11.3. The zero-order valence-electron chi connectivity index (χ0n) is 62.2. The van der Waals surface area contributed by atoms with Crippen LogP contribution in [0.2, 0.25) is 0 Å². The molecule has 24 heteroatoms. The molecule has 0 atom stereocenters. The van der Waals surface area contributed by atoms with Crippen molar-refractivity contribution in [3.63, 3.8) is 0 Å². The molecule has 0 fully saturated rings. The zero-order chi connectivity index (χ0) is 72.7. The number of aryl methyl sites for hydroxylation is 15. The summed E-state index contributed by atoms with van der Waals surface area (Å²) >= 11 is 0. The largest absolute Gasteiger partial charge is 0.308 e. The highest BCUT2D eigenvalue weighted by Crippen LogP contribution is 2.26. The van der Waals surface area contributed by atoms with Gasteiger partial charge >= 0.3 is 0 Å². The molecule has 0 spiro atoms. The molecule has 522 valence electrons. The standard InChI is InChI=1S/C15H19N4.4C13H15N4.C12H13N4/c1-11(2)12-5-7-17(3)13(9-12)14-10-19-8-6-16-15(19)18(14)4;1-10-4-6-15(2)11(8-10)12-9-17-7-5-14-13(17)16(12)3;1-10-4-5-11(15(2)8-10)12-9-17-7-6-14-13(17)16(12)3;1-10-5-4-7-15(2)12(10)11-9-17-8-6-14-13(17)16(11)3;1-10-5-4-6-11(15(10)2)12-9-17-8-7-14-13(17)16(12)3;1-14-7-4-3-5-10(14)11-9-16-8-6-13-12(16)15(11)2/h5-11H,1-4H3;4*4-9H,1-3H3;3-9H,1-2H3/q6*+1. The van der Waals surface area contributed by atoms with Crippen LogP contribution >= 0.6 is 0 Å². The molecule has 0 radical (unpaired) electrons. The van der Waals surface area contributed by atoms with Crippen molar-refractivity contribution in [3.05, 3.63) is 255 Å². The van der Waals surface area contributed by atoms with Crippen LogP contribution in [-0.4, -0.2) is 83.7 Å². The first kappa shape index (κ1) is 68.9. The van der Waals surface area contributed by atoms with Gasteiger partial charge in [-0.1, -0.05) is 13.8 Å². The van der Waals surface area contributed by atoms with E-state index in [1.54, 1.807) is 0 Å². The number of fused-ring (bicyclic) bond motifs is 6. The third-order valence-corrected chi connectivity index (χ3v) is 19.3. The Kier molecular flexibility index (Phi) is 19.1. The van der Waals surface area contributed by atoms with Gasteiger partial charge in [-0.05, 0) is 62.1 Å². The molecular weight excluding hydrogens is 1290 g/mol. The highest BCUT2D eigenvalue weighted by molar-refractivity contribution is 5.62. The Bertz CT molecular complexity index is 5950. The molecule has 0 aromatic carbocycles. The Balaban J connectivity index is 0.000000110. The predicted octanol–water partition coefficient (Wildman–Crippen LogP) is 9.34. The maximum Gasteiger partial charge on any atom is 0.233 e. The molecule has 0 saturated carbocycles. The summed E-state index contributed by atoms with van der Waals surface area (Å²) in [5, 5.41) is 0. The average Bonchev–Trinajstić information content (AvgIpc) is 1.68. The summed E-state index contributed by atoms with van der Waals surface area (Å²) in [6.07, 6.45) is 45.8. The van der Waals surface area contributed by atoms with E-state index in [0.29, 0.717) is 5.92 Å². The lowest BCUT2D eigenvalue weighted by Gasteiger charge is -2.07. The van der Waals surface area contributed by atoms with Gasteiger partial charge in [0, 0.05) is 233 Å². The molecule has 0 saturated heterocycles. The molecule has 0 N–H and O–H groups in total. The van der Waals surface area contributed by atoms with Crippen LogP contribution in [0.15, 0.2) is 227 Å². The lowest BCUT2D eigenvalue weighted by atomic mass is 10.0. The van der Waals surface area contributed by atoms with Gasteiger partial charge in [0.2, 0.25) is 68.8 Å². The first-order valence-electron chi connectivity index (χ1n) is 34.2. The lowest BCUT2D eigenvalue weighted by molar-refractivity contribution is -0.666. The van der Waals surface area contributed by atoms with Crippen molar-refractivity contribution in [2.45, 2.75) is 47.5 Å². The number of rotatable bonds is 7. The molecule has 0 amide bonds. The molecule has 18 heterocycles. The van der Waals surface area contributed by atoms with E-state index in [2.05, 4.69) is 308 Å². The number of nitrogens with zero attached hydrogens (tertiary/aromatic N) is 24. The Morgan fingerprint density at radius 3 is 1.13 bits per heavy atom. The first-order valence-corrected chi connectivity index (χ1v) is 34.2. The number of pyridine rings is 6. The fourth-order valence-electron chi connectivity index (χ4n) is 13.4. The molecule has 0 aliphatic carbocycles. The van der Waals surface area contributed by atoms with E-state index in [-0.39, 0.29) is 0 Å². The number of hydrogen-bond acceptors (Lipinski definition) is 6. The maximum absolute atomic E-state index is 4.37. The second kappa shape index (κ2) is 28.6. The van der Waals surface area contributed by atoms with E-state index in [1.165, 1.54) is 84.9 Å². The summed E-state index contributed by atoms with van der Waals surface area (Å²) in [5.41, 5.74) is 20.6. The van der Waals surface area contributed by atoms with Gasteiger partial charge in [-0.15, -0.1) is 0 Å². The molecule has 0 unspecified atom stereocenters. The Labute approximate surface area is 598 Å². The van der Waals surface area contributed by atoms with Crippen molar-refractivity contribution in [2.24, 2.45) is 84.6 Å². The van der Waals surface area contributed by atoms with Crippen LogP contribution in [0.4, 0.5) is 0 Å². The minimum absolute atomic E-state index is 0.532. The quantitative estimate of drug-likeness (QED) is 0.145. The number of imidazole rings is 12. The van der Waals surface area contributed by atoms with Crippen LogP contribution in [0, 0.1) is 27.7 Å². The van der Waals surface area contributed by atoms with Crippen LogP contribution in [0.25, 0.3) is 103 Å². The smallest absolute Gasteiger partial charge is 0.233 e. The summed E-state index contributed by atoms with van der Waals surface area (Å²) in [7, 11) is 24.7. The Morgan fingerprint density at radius 2 is 0.699 bits per heavy atom. The second-order valence-corrected chi connectivity index (χ2v) is 26.7. The monoisotopic (exact) mass is 1380 g/mol. The SMILES string of the molecule is CC(C)c1cc[n+](C)c(-c2cn3ccnc3n2C)c1.Cc1cc[n+](C)c(-c2cn3ccnc3n2C)c1.Cc1ccc(-c2cn3ccnc3n2C)[n+](C)c1.Cc1ccc[n+](C)c1-c1cn2ccnc2n1C.Cc1cccc(-c2cn3ccnc3n2C)[n+]1C.Cn1c(-c2cccc[n+]2C)cn2ccnc12. The summed E-state index contributed by atoms with van der Waals surface area (Å²) < 4.78 is 37.7. The minimum atomic E-state index is 0.532. The Morgan fingerprint density at radius 1 is 0.320 bits per heavy atom. The lowest BCUT2D eigenvalue weighted by Crippen LogP contribution is -2.34. The van der Waals surface area contributed by atoms with Crippen LogP contribution in [0.3, 0.4) is 0 Å². The van der Waals surface area contributed by atoms with Crippen LogP contribution in [0.5, 0.6) is 0 Å². The maximum atomic E-state index is 4.37. The topological polar surface area (TPSA) is 157 Å². The highest BCUT2D eigenvalue weighted by atomic mass is 15.2. The third kappa shape index (κ3) is 13.4. The van der Waals surface area contributed by atoms with Crippen molar-refractivity contribution in [1.82, 2.24) is 83.7 Å².